The number of amides is 1. The van der Waals surface area contributed by atoms with Gasteiger partial charge < -0.3 is 20.5 Å². The molecule has 0 aliphatic heterocycles. The van der Waals surface area contributed by atoms with Crippen LogP contribution < -0.4 is 16.0 Å². The zero-order valence-corrected chi connectivity index (χ0v) is 17.1. The van der Waals surface area contributed by atoms with Gasteiger partial charge in [0.1, 0.15) is 5.15 Å². The molecule has 1 amide bonds. The molecule has 8 heteroatoms. The Bertz CT molecular complexity index is 623. The molecule has 26 heavy (non-hydrogen) atoms. The molecule has 0 aromatic carbocycles. The molecule has 1 aliphatic carbocycles. The van der Waals surface area contributed by atoms with Crippen molar-refractivity contribution in [1.29, 1.82) is 0 Å². The number of guanidine groups is 1. The first-order valence-corrected chi connectivity index (χ1v) is 10.0. The highest BCUT2D eigenvalue weighted by Gasteiger charge is 2.17. The first kappa shape index (κ1) is 20.9. The van der Waals surface area contributed by atoms with Gasteiger partial charge in [0, 0.05) is 38.8 Å². The summed E-state index contributed by atoms with van der Waals surface area (Å²) in [6, 6.07) is 1.82. The van der Waals surface area contributed by atoms with Gasteiger partial charge in [0.15, 0.2) is 5.96 Å². The highest BCUT2D eigenvalue weighted by molar-refractivity contribution is 6.41. The SMILES string of the molecule is CCNC(=NCc1cc(Cl)c(Cl)n1C)NCCNC(=O)CC1CCCC1. The number of nitrogens with one attached hydrogen (secondary N) is 3. The minimum absolute atomic E-state index is 0.147. The van der Waals surface area contributed by atoms with Crippen molar-refractivity contribution in [2.45, 2.75) is 45.6 Å². The van der Waals surface area contributed by atoms with Gasteiger partial charge in [0.25, 0.3) is 0 Å². The van der Waals surface area contributed by atoms with Crippen LogP contribution in [0.15, 0.2) is 11.1 Å². The van der Waals surface area contributed by atoms with E-state index in [1.807, 2.05) is 24.6 Å². The van der Waals surface area contributed by atoms with Crippen molar-refractivity contribution in [3.63, 3.8) is 0 Å². The Kier molecular flexibility index (Phi) is 8.59. The minimum atomic E-state index is 0.147. The predicted molar refractivity (Wildman–Crippen MR) is 108 cm³/mol. The van der Waals surface area contributed by atoms with E-state index in [4.69, 9.17) is 23.2 Å². The van der Waals surface area contributed by atoms with Crippen LogP contribution in [0.2, 0.25) is 10.2 Å². The van der Waals surface area contributed by atoms with E-state index >= 15 is 0 Å². The molecule has 0 spiro atoms. The Hall–Kier alpha value is -1.40. The van der Waals surface area contributed by atoms with E-state index in [2.05, 4.69) is 20.9 Å². The van der Waals surface area contributed by atoms with Crippen LogP contribution in [-0.4, -0.2) is 36.1 Å². The van der Waals surface area contributed by atoms with Crippen LogP contribution in [0.1, 0.15) is 44.7 Å². The normalized spacial score (nSPS) is 15.3. The van der Waals surface area contributed by atoms with Crippen LogP contribution in [0, 0.1) is 5.92 Å². The second-order valence-corrected chi connectivity index (χ2v) is 7.43. The standard InChI is InChI=1S/C18H29Cl2N5O/c1-3-21-18(24-12-14-11-15(19)17(20)25(14)2)23-9-8-22-16(26)10-13-6-4-5-7-13/h11,13H,3-10,12H2,1-2H3,(H,22,26)(H2,21,23,24). The molecule has 0 atom stereocenters. The van der Waals surface area contributed by atoms with Gasteiger partial charge in [0.2, 0.25) is 5.91 Å². The van der Waals surface area contributed by atoms with Crippen LogP contribution >= 0.6 is 23.2 Å². The fourth-order valence-electron chi connectivity index (χ4n) is 3.17. The second kappa shape index (κ2) is 10.7. The lowest BCUT2D eigenvalue weighted by atomic mass is 10.0. The highest BCUT2D eigenvalue weighted by atomic mass is 35.5. The van der Waals surface area contributed by atoms with Crippen molar-refractivity contribution in [2.24, 2.45) is 18.0 Å². The summed E-state index contributed by atoms with van der Waals surface area (Å²) in [5, 5.41) is 10.4. The van der Waals surface area contributed by atoms with Crippen molar-refractivity contribution in [2.75, 3.05) is 19.6 Å². The molecule has 0 saturated heterocycles. The summed E-state index contributed by atoms with van der Waals surface area (Å²) in [7, 11) is 1.86. The van der Waals surface area contributed by atoms with Gasteiger partial charge in [-0.3, -0.25) is 4.79 Å². The van der Waals surface area contributed by atoms with Crippen molar-refractivity contribution in [1.82, 2.24) is 20.5 Å². The summed E-state index contributed by atoms with van der Waals surface area (Å²) in [6.07, 6.45) is 5.56. The number of carbonyl (C=O) groups is 1. The Labute approximate surface area is 165 Å². The van der Waals surface area contributed by atoms with E-state index in [1.54, 1.807) is 0 Å². The number of nitrogens with zero attached hydrogens (tertiary/aromatic N) is 2. The molecule has 1 aliphatic rings. The summed E-state index contributed by atoms with van der Waals surface area (Å²) >= 11 is 12.1. The smallest absolute Gasteiger partial charge is 0.220 e. The van der Waals surface area contributed by atoms with Crippen LogP contribution in [0.5, 0.6) is 0 Å². The molecule has 146 valence electrons. The summed E-state index contributed by atoms with van der Waals surface area (Å²) in [5.41, 5.74) is 0.932. The molecule has 1 saturated carbocycles. The summed E-state index contributed by atoms with van der Waals surface area (Å²) in [5.74, 6) is 1.42. The van der Waals surface area contributed by atoms with Crippen LogP contribution in [0.4, 0.5) is 0 Å². The van der Waals surface area contributed by atoms with Crippen molar-refractivity contribution < 1.29 is 4.79 Å². The highest BCUT2D eigenvalue weighted by Crippen LogP contribution is 2.27. The number of carbonyl (C=O) groups excluding carboxylic acids is 1. The zero-order valence-electron chi connectivity index (χ0n) is 15.6. The maximum atomic E-state index is 11.9. The Balaban J connectivity index is 1.74. The lowest BCUT2D eigenvalue weighted by Gasteiger charge is -2.13. The fourth-order valence-corrected chi connectivity index (χ4v) is 3.59. The van der Waals surface area contributed by atoms with Gasteiger partial charge in [0.05, 0.1) is 11.6 Å². The Morgan fingerprint density at radius 1 is 1.23 bits per heavy atom. The first-order chi connectivity index (χ1) is 12.5. The number of hydrogen-bond donors (Lipinski definition) is 3. The number of rotatable bonds is 8. The van der Waals surface area contributed by atoms with E-state index in [0.717, 1.165) is 12.2 Å². The second-order valence-electron chi connectivity index (χ2n) is 6.66. The van der Waals surface area contributed by atoms with Gasteiger partial charge in [-0.25, -0.2) is 4.99 Å². The van der Waals surface area contributed by atoms with Gasteiger partial charge in [-0.15, -0.1) is 0 Å². The molecule has 1 aromatic heterocycles. The van der Waals surface area contributed by atoms with E-state index < -0.39 is 0 Å². The van der Waals surface area contributed by atoms with Crippen LogP contribution in [0.3, 0.4) is 0 Å². The quantitative estimate of drug-likeness (QED) is 0.356. The van der Waals surface area contributed by atoms with Gasteiger partial charge >= 0.3 is 0 Å². The molecule has 1 heterocycles. The Morgan fingerprint density at radius 3 is 2.54 bits per heavy atom. The molecular formula is C18H29Cl2N5O. The molecule has 1 fully saturated rings. The predicted octanol–water partition coefficient (Wildman–Crippen LogP) is 3.08. The monoisotopic (exact) mass is 401 g/mol. The van der Waals surface area contributed by atoms with E-state index in [1.165, 1.54) is 25.7 Å². The molecule has 0 radical (unpaired) electrons. The first-order valence-electron chi connectivity index (χ1n) is 9.29. The maximum absolute atomic E-state index is 11.9. The third-order valence-electron chi connectivity index (χ3n) is 4.65. The van der Waals surface area contributed by atoms with Crippen molar-refractivity contribution in [3.05, 3.63) is 21.9 Å². The van der Waals surface area contributed by atoms with Crippen LogP contribution in [0.25, 0.3) is 0 Å². The number of aromatic nitrogens is 1. The summed E-state index contributed by atoms with van der Waals surface area (Å²) in [6.45, 7) is 4.44. The molecule has 3 N–H and O–H groups in total. The van der Waals surface area contributed by atoms with Crippen molar-refractivity contribution >= 4 is 35.1 Å². The molecule has 0 unspecified atom stereocenters. The third-order valence-corrected chi connectivity index (χ3v) is 5.49. The molecule has 6 nitrogen and oxygen atoms in total. The van der Waals surface area contributed by atoms with Crippen LogP contribution in [-0.2, 0) is 18.4 Å². The minimum Gasteiger partial charge on any atom is -0.357 e. The average Bonchev–Trinajstić information content (AvgIpc) is 3.20. The molecule has 2 rings (SSSR count). The van der Waals surface area contributed by atoms with E-state index in [9.17, 15) is 4.79 Å². The molecular weight excluding hydrogens is 373 g/mol. The number of halogens is 2. The summed E-state index contributed by atoms with van der Waals surface area (Å²) in [4.78, 5) is 16.5. The van der Waals surface area contributed by atoms with E-state index in [0.29, 0.717) is 48.1 Å². The van der Waals surface area contributed by atoms with Gasteiger partial charge in [-0.05, 0) is 31.7 Å². The van der Waals surface area contributed by atoms with Gasteiger partial charge in [-0.2, -0.15) is 0 Å². The number of hydrogen-bond acceptors (Lipinski definition) is 2. The zero-order chi connectivity index (χ0) is 18.9. The maximum Gasteiger partial charge on any atom is 0.220 e. The number of aliphatic imine (C=N–C) groups is 1. The van der Waals surface area contributed by atoms with Gasteiger partial charge in [-0.1, -0.05) is 36.0 Å². The lowest BCUT2D eigenvalue weighted by Crippen LogP contribution is -2.41. The molecule has 1 aromatic rings. The largest absolute Gasteiger partial charge is 0.357 e. The Morgan fingerprint density at radius 2 is 1.92 bits per heavy atom. The fraction of sp³-hybridized carbons (Fsp3) is 0.667. The average molecular weight is 402 g/mol. The molecule has 0 bridgehead atoms. The topological polar surface area (TPSA) is 70.5 Å². The van der Waals surface area contributed by atoms with Crippen molar-refractivity contribution in [3.8, 4) is 0 Å². The third kappa shape index (κ3) is 6.40. The lowest BCUT2D eigenvalue weighted by molar-refractivity contribution is -0.121. The van der Waals surface area contributed by atoms with E-state index in [-0.39, 0.29) is 5.91 Å². The summed E-state index contributed by atoms with van der Waals surface area (Å²) < 4.78 is 1.82.